The molecule has 1 aromatic rings. The number of likely N-dealkylation sites (tertiary alicyclic amines) is 1. The highest BCUT2D eigenvalue weighted by Crippen LogP contribution is 2.45. The van der Waals surface area contributed by atoms with E-state index in [9.17, 15) is 9.90 Å². The van der Waals surface area contributed by atoms with Gasteiger partial charge in [0.15, 0.2) is 0 Å². The highest BCUT2D eigenvalue weighted by atomic mass is 16.5. The van der Waals surface area contributed by atoms with E-state index in [1.165, 1.54) is 12.0 Å². The standard InChI is InChI=1S/C23H32N2O3/c26-21(27)22(7-4-8-22)16-25-11-9-23(10-12-25)14-18(15-28-23)24-20-13-19(20)17-5-2-1-3-6-17/h1-3,5-6,18-20,24H,4,7-16H2,(H,26,27)/t18?,19-,20?/m0/s1. The van der Waals surface area contributed by atoms with Gasteiger partial charge in [-0.25, -0.2) is 0 Å². The minimum absolute atomic E-state index is 0.0152. The maximum absolute atomic E-state index is 11.6. The van der Waals surface area contributed by atoms with Gasteiger partial charge < -0.3 is 20.1 Å². The molecule has 0 aromatic heterocycles. The summed E-state index contributed by atoms with van der Waals surface area (Å²) < 4.78 is 6.32. The van der Waals surface area contributed by atoms with E-state index in [0.717, 1.165) is 64.8 Å². The third-order valence-electron chi connectivity index (χ3n) is 7.73. The lowest BCUT2D eigenvalue weighted by molar-refractivity contribution is -0.157. The number of nitrogens with one attached hydrogen (secondary N) is 1. The summed E-state index contributed by atoms with van der Waals surface area (Å²) in [6.45, 7) is 3.48. The van der Waals surface area contributed by atoms with Crippen LogP contribution in [0.3, 0.4) is 0 Å². The van der Waals surface area contributed by atoms with Gasteiger partial charge in [-0.1, -0.05) is 36.8 Å². The molecule has 5 rings (SSSR count). The van der Waals surface area contributed by atoms with Crippen molar-refractivity contribution in [2.75, 3.05) is 26.2 Å². The first-order chi connectivity index (χ1) is 13.6. The van der Waals surface area contributed by atoms with Crippen LogP contribution in [-0.4, -0.2) is 59.9 Å². The molecular formula is C23H32N2O3. The number of nitrogens with zero attached hydrogens (tertiary/aromatic N) is 1. The van der Waals surface area contributed by atoms with Crippen LogP contribution in [0.15, 0.2) is 30.3 Å². The molecule has 0 amide bonds. The summed E-state index contributed by atoms with van der Waals surface area (Å²) in [6.07, 6.45) is 7.15. The summed E-state index contributed by atoms with van der Waals surface area (Å²) in [6, 6.07) is 11.9. The van der Waals surface area contributed by atoms with Crippen molar-refractivity contribution in [1.29, 1.82) is 0 Å². The molecule has 0 radical (unpaired) electrons. The van der Waals surface area contributed by atoms with E-state index < -0.39 is 11.4 Å². The number of ether oxygens (including phenoxy) is 1. The van der Waals surface area contributed by atoms with Crippen LogP contribution >= 0.6 is 0 Å². The van der Waals surface area contributed by atoms with Crippen molar-refractivity contribution in [2.24, 2.45) is 5.41 Å². The molecule has 28 heavy (non-hydrogen) atoms. The number of aliphatic carboxylic acids is 1. The first kappa shape index (κ1) is 18.6. The van der Waals surface area contributed by atoms with Crippen LogP contribution in [0.4, 0.5) is 0 Å². The molecule has 2 N–H and O–H groups in total. The van der Waals surface area contributed by atoms with Gasteiger partial charge >= 0.3 is 5.97 Å². The number of carboxylic acid groups (broad SMARTS) is 1. The molecule has 0 bridgehead atoms. The van der Waals surface area contributed by atoms with Gasteiger partial charge in [0.25, 0.3) is 0 Å². The average Bonchev–Trinajstić information content (AvgIpc) is 3.33. The van der Waals surface area contributed by atoms with E-state index in [4.69, 9.17) is 4.74 Å². The molecule has 5 heteroatoms. The van der Waals surface area contributed by atoms with Crippen LogP contribution in [-0.2, 0) is 9.53 Å². The van der Waals surface area contributed by atoms with E-state index in [-0.39, 0.29) is 5.60 Å². The van der Waals surface area contributed by atoms with Gasteiger partial charge in [0, 0.05) is 37.6 Å². The van der Waals surface area contributed by atoms with Gasteiger partial charge in [-0.2, -0.15) is 0 Å². The molecule has 4 aliphatic rings. The topological polar surface area (TPSA) is 61.8 Å². The van der Waals surface area contributed by atoms with Gasteiger partial charge in [-0.05, 0) is 44.1 Å². The normalized spacial score (nSPS) is 33.5. The van der Waals surface area contributed by atoms with Crippen molar-refractivity contribution >= 4 is 5.97 Å². The molecule has 2 unspecified atom stereocenters. The second-order valence-electron chi connectivity index (χ2n) is 9.64. The minimum atomic E-state index is -0.599. The lowest BCUT2D eigenvalue weighted by Gasteiger charge is -2.45. The molecule has 2 saturated carbocycles. The van der Waals surface area contributed by atoms with Gasteiger partial charge in [-0.3, -0.25) is 4.79 Å². The predicted molar refractivity (Wildman–Crippen MR) is 107 cm³/mol. The predicted octanol–water partition coefficient (Wildman–Crippen LogP) is 3.01. The van der Waals surface area contributed by atoms with Crippen molar-refractivity contribution in [1.82, 2.24) is 10.2 Å². The molecule has 4 fully saturated rings. The number of carbonyl (C=O) groups is 1. The van der Waals surface area contributed by atoms with E-state index >= 15 is 0 Å². The molecule has 1 spiro atoms. The molecule has 2 aliphatic carbocycles. The quantitative estimate of drug-likeness (QED) is 0.789. The monoisotopic (exact) mass is 384 g/mol. The number of rotatable bonds is 6. The summed E-state index contributed by atoms with van der Waals surface area (Å²) in [5, 5.41) is 13.4. The first-order valence-corrected chi connectivity index (χ1v) is 11.0. The molecule has 3 atom stereocenters. The summed E-state index contributed by atoms with van der Waals surface area (Å²) in [5.74, 6) is 0.0621. The van der Waals surface area contributed by atoms with Crippen LogP contribution in [0, 0.1) is 5.41 Å². The Labute approximate surface area is 167 Å². The van der Waals surface area contributed by atoms with Crippen LogP contribution in [0.25, 0.3) is 0 Å². The van der Waals surface area contributed by atoms with E-state index in [1.54, 1.807) is 0 Å². The van der Waals surface area contributed by atoms with Crippen molar-refractivity contribution in [3.8, 4) is 0 Å². The number of hydrogen-bond donors (Lipinski definition) is 2. The van der Waals surface area contributed by atoms with Crippen LogP contribution in [0.1, 0.15) is 56.4 Å². The Hall–Kier alpha value is -1.43. The van der Waals surface area contributed by atoms with Gasteiger partial charge in [0.1, 0.15) is 0 Å². The Morgan fingerprint density at radius 2 is 1.93 bits per heavy atom. The second-order valence-corrected chi connectivity index (χ2v) is 9.64. The van der Waals surface area contributed by atoms with E-state index in [0.29, 0.717) is 18.0 Å². The number of benzene rings is 1. The van der Waals surface area contributed by atoms with Crippen LogP contribution in [0.5, 0.6) is 0 Å². The lowest BCUT2D eigenvalue weighted by atomic mass is 9.68. The smallest absolute Gasteiger partial charge is 0.310 e. The maximum Gasteiger partial charge on any atom is 0.310 e. The fraction of sp³-hybridized carbons (Fsp3) is 0.696. The van der Waals surface area contributed by atoms with Crippen molar-refractivity contribution < 1.29 is 14.6 Å². The Morgan fingerprint density at radius 1 is 1.18 bits per heavy atom. The Kier molecular flexibility index (Phi) is 4.73. The van der Waals surface area contributed by atoms with Gasteiger partial charge in [0.05, 0.1) is 17.6 Å². The summed E-state index contributed by atoms with van der Waals surface area (Å²) in [4.78, 5) is 14.0. The zero-order valence-electron chi connectivity index (χ0n) is 16.6. The SMILES string of the molecule is O=C(O)C1(CN2CCC3(CC2)CC(NC2C[C@H]2c2ccccc2)CO3)CCC1. The first-order valence-electron chi connectivity index (χ1n) is 11.0. The summed E-state index contributed by atoms with van der Waals surface area (Å²) in [5.41, 5.74) is 0.996. The largest absolute Gasteiger partial charge is 0.481 e. The number of hydrogen-bond acceptors (Lipinski definition) is 4. The van der Waals surface area contributed by atoms with Crippen molar-refractivity contribution in [3.63, 3.8) is 0 Å². The summed E-state index contributed by atoms with van der Waals surface area (Å²) >= 11 is 0. The molecule has 2 aliphatic heterocycles. The third-order valence-corrected chi connectivity index (χ3v) is 7.73. The highest BCUT2D eigenvalue weighted by Gasteiger charge is 2.49. The molecule has 1 aromatic carbocycles. The van der Waals surface area contributed by atoms with Gasteiger partial charge in [-0.15, -0.1) is 0 Å². The Bertz CT molecular complexity index is 710. The molecular weight excluding hydrogens is 352 g/mol. The average molecular weight is 385 g/mol. The molecule has 152 valence electrons. The molecule has 2 heterocycles. The third kappa shape index (κ3) is 3.49. The van der Waals surface area contributed by atoms with E-state index in [2.05, 4.69) is 40.5 Å². The molecule has 5 nitrogen and oxygen atoms in total. The minimum Gasteiger partial charge on any atom is -0.481 e. The molecule has 2 saturated heterocycles. The van der Waals surface area contributed by atoms with Crippen molar-refractivity contribution in [2.45, 2.75) is 68.5 Å². The Morgan fingerprint density at radius 3 is 2.57 bits per heavy atom. The van der Waals surface area contributed by atoms with E-state index in [1.807, 2.05) is 0 Å². The Balaban J connectivity index is 1.10. The fourth-order valence-electron chi connectivity index (χ4n) is 5.64. The summed E-state index contributed by atoms with van der Waals surface area (Å²) in [7, 11) is 0. The van der Waals surface area contributed by atoms with Gasteiger partial charge in [0.2, 0.25) is 0 Å². The number of carboxylic acids is 1. The van der Waals surface area contributed by atoms with Crippen molar-refractivity contribution in [3.05, 3.63) is 35.9 Å². The van der Waals surface area contributed by atoms with Crippen LogP contribution < -0.4 is 5.32 Å². The number of piperidine rings is 1. The maximum atomic E-state index is 11.6. The highest BCUT2D eigenvalue weighted by molar-refractivity contribution is 5.76. The fourth-order valence-corrected chi connectivity index (χ4v) is 5.64. The van der Waals surface area contributed by atoms with Crippen LogP contribution in [0.2, 0.25) is 0 Å². The zero-order chi connectivity index (χ0) is 19.2. The zero-order valence-corrected chi connectivity index (χ0v) is 16.6. The lowest BCUT2D eigenvalue weighted by Crippen LogP contribution is -2.52. The second kappa shape index (κ2) is 7.12.